The van der Waals surface area contributed by atoms with Crippen molar-refractivity contribution in [3.8, 4) is 34.7 Å². The number of fused-ring (bicyclic) bond motifs is 1. The fourth-order valence-electron chi connectivity index (χ4n) is 4.28. The summed E-state index contributed by atoms with van der Waals surface area (Å²) in [5.74, 6) is 0.808. The van der Waals surface area contributed by atoms with Crippen LogP contribution in [0.15, 0.2) is 40.9 Å². The number of hydrogen-bond acceptors (Lipinski definition) is 9. The maximum Gasteiger partial charge on any atom is 0.258 e. The first-order valence-electron chi connectivity index (χ1n) is 12.3. The standard InChI is InChI=1S/C27H31N5O5/c1-17(2)36-24-6-5-21(14-22(24)15-28)27-30-25(31-37-27)20-4-3-18-7-10-32(11-8-19(18)13-20)16-23(34)26(35)29-9-12-33/h3-6,13-14,17,23,33-34H,7-12,16H2,1-2H3,(H,29,35)/t23-/m1/s1. The molecule has 3 aromatic rings. The molecule has 1 aliphatic heterocycles. The molecule has 0 saturated carbocycles. The Morgan fingerprint density at radius 2 is 1.95 bits per heavy atom. The van der Waals surface area contributed by atoms with Crippen LogP contribution in [0.5, 0.6) is 5.75 Å². The second-order valence-corrected chi connectivity index (χ2v) is 9.23. The zero-order chi connectivity index (χ0) is 26.4. The Bertz CT molecular complexity index is 1280. The van der Waals surface area contributed by atoms with Crippen molar-refractivity contribution in [2.24, 2.45) is 0 Å². The number of carbonyl (C=O) groups excluding carboxylic acids is 1. The molecule has 0 radical (unpaired) electrons. The van der Waals surface area contributed by atoms with Crippen LogP contribution in [0.25, 0.3) is 22.8 Å². The number of aliphatic hydroxyl groups is 2. The van der Waals surface area contributed by atoms with Crippen molar-refractivity contribution in [1.82, 2.24) is 20.4 Å². The van der Waals surface area contributed by atoms with E-state index in [1.54, 1.807) is 18.2 Å². The van der Waals surface area contributed by atoms with Crippen LogP contribution in [0.1, 0.15) is 30.5 Å². The Labute approximate surface area is 215 Å². The average molecular weight is 506 g/mol. The van der Waals surface area contributed by atoms with E-state index in [-0.39, 0.29) is 25.8 Å². The van der Waals surface area contributed by atoms with Gasteiger partial charge in [0.15, 0.2) is 0 Å². The predicted octanol–water partition coefficient (Wildman–Crippen LogP) is 1.93. The van der Waals surface area contributed by atoms with Crippen molar-refractivity contribution in [2.45, 2.75) is 38.9 Å². The van der Waals surface area contributed by atoms with Gasteiger partial charge in [-0.3, -0.25) is 9.69 Å². The summed E-state index contributed by atoms with van der Waals surface area (Å²) in [6.07, 6.45) is 0.352. The largest absolute Gasteiger partial charge is 0.490 e. The minimum Gasteiger partial charge on any atom is -0.490 e. The molecule has 0 bridgehead atoms. The Kier molecular flexibility index (Phi) is 8.50. The quantitative estimate of drug-likeness (QED) is 0.397. The molecule has 2 heterocycles. The van der Waals surface area contributed by atoms with Gasteiger partial charge in [-0.2, -0.15) is 10.2 Å². The van der Waals surface area contributed by atoms with E-state index in [1.807, 2.05) is 19.9 Å². The number of nitrogens with zero attached hydrogens (tertiary/aromatic N) is 4. The normalized spacial score (nSPS) is 14.5. The van der Waals surface area contributed by atoms with Gasteiger partial charge in [-0.05, 0) is 62.1 Å². The number of amides is 1. The number of aromatic nitrogens is 2. The number of β-amino-alcohol motifs (C(OH)–C–C–N with tert-alkyl or cyclic N) is 1. The first-order chi connectivity index (χ1) is 17.9. The van der Waals surface area contributed by atoms with Crippen molar-refractivity contribution in [3.63, 3.8) is 0 Å². The molecule has 3 N–H and O–H groups in total. The van der Waals surface area contributed by atoms with Crippen LogP contribution in [-0.2, 0) is 17.6 Å². The summed E-state index contributed by atoms with van der Waals surface area (Å²) in [7, 11) is 0. The topological polar surface area (TPSA) is 145 Å². The molecule has 1 aromatic heterocycles. The van der Waals surface area contributed by atoms with E-state index in [4.69, 9.17) is 14.4 Å². The molecule has 0 aliphatic carbocycles. The predicted molar refractivity (Wildman–Crippen MR) is 136 cm³/mol. The molecule has 0 spiro atoms. The lowest BCUT2D eigenvalue weighted by Gasteiger charge is -2.22. The highest BCUT2D eigenvalue weighted by atomic mass is 16.5. The molecular weight excluding hydrogens is 474 g/mol. The van der Waals surface area contributed by atoms with E-state index in [0.717, 1.165) is 30.5 Å². The Balaban J connectivity index is 1.45. The maximum atomic E-state index is 11.9. The average Bonchev–Trinajstić information content (AvgIpc) is 3.30. The molecule has 10 nitrogen and oxygen atoms in total. The minimum absolute atomic E-state index is 0.0466. The van der Waals surface area contributed by atoms with E-state index in [9.17, 15) is 15.2 Å². The van der Waals surface area contributed by atoms with Gasteiger partial charge in [-0.25, -0.2) is 0 Å². The summed E-state index contributed by atoms with van der Waals surface area (Å²) in [5.41, 5.74) is 4.22. The van der Waals surface area contributed by atoms with E-state index in [0.29, 0.717) is 35.1 Å². The van der Waals surface area contributed by atoms with E-state index in [1.165, 1.54) is 5.56 Å². The van der Waals surface area contributed by atoms with Crippen LogP contribution in [-0.4, -0.2) is 76.2 Å². The molecule has 0 fully saturated rings. The van der Waals surface area contributed by atoms with Gasteiger partial charge < -0.3 is 24.8 Å². The molecule has 10 heteroatoms. The molecule has 2 aromatic carbocycles. The van der Waals surface area contributed by atoms with Crippen LogP contribution in [0.2, 0.25) is 0 Å². The molecule has 1 atom stereocenters. The smallest absolute Gasteiger partial charge is 0.258 e. The van der Waals surface area contributed by atoms with Gasteiger partial charge in [0.1, 0.15) is 17.9 Å². The van der Waals surface area contributed by atoms with Gasteiger partial charge in [-0.15, -0.1) is 0 Å². The highest BCUT2D eigenvalue weighted by molar-refractivity contribution is 5.80. The zero-order valence-electron chi connectivity index (χ0n) is 21.0. The molecule has 37 heavy (non-hydrogen) atoms. The van der Waals surface area contributed by atoms with E-state index in [2.05, 4.69) is 38.6 Å². The fourth-order valence-corrected chi connectivity index (χ4v) is 4.28. The van der Waals surface area contributed by atoms with Crippen LogP contribution < -0.4 is 10.1 Å². The first kappa shape index (κ1) is 26.3. The number of nitriles is 1. The van der Waals surface area contributed by atoms with Gasteiger partial charge in [0, 0.05) is 37.3 Å². The second-order valence-electron chi connectivity index (χ2n) is 9.23. The molecule has 1 amide bonds. The van der Waals surface area contributed by atoms with Gasteiger partial charge in [0.2, 0.25) is 11.7 Å². The number of aliphatic hydroxyl groups excluding tert-OH is 2. The van der Waals surface area contributed by atoms with Crippen LogP contribution in [0.3, 0.4) is 0 Å². The van der Waals surface area contributed by atoms with Gasteiger partial charge in [0.25, 0.3) is 5.89 Å². The lowest BCUT2D eigenvalue weighted by molar-refractivity contribution is -0.130. The third kappa shape index (κ3) is 6.51. The van der Waals surface area contributed by atoms with Crippen molar-refractivity contribution < 1.29 is 24.3 Å². The van der Waals surface area contributed by atoms with Crippen molar-refractivity contribution in [2.75, 3.05) is 32.8 Å². The number of rotatable bonds is 9. The van der Waals surface area contributed by atoms with E-state index >= 15 is 0 Å². The summed E-state index contributed by atoms with van der Waals surface area (Å²) in [6.45, 7) is 5.42. The number of hydrogen-bond donors (Lipinski definition) is 3. The summed E-state index contributed by atoms with van der Waals surface area (Å²) < 4.78 is 11.2. The molecule has 0 unspecified atom stereocenters. The van der Waals surface area contributed by atoms with Crippen LogP contribution in [0, 0.1) is 11.3 Å². The summed E-state index contributed by atoms with van der Waals surface area (Å²) >= 11 is 0. The van der Waals surface area contributed by atoms with Crippen molar-refractivity contribution in [1.29, 1.82) is 5.26 Å². The van der Waals surface area contributed by atoms with Gasteiger partial charge >= 0.3 is 0 Å². The first-order valence-corrected chi connectivity index (χ1v) is 12.3. The molecule has 0 saturated heterocycles. The number of carbonyl (C=O) groups is 1. The molecule has 4 rings (SSSR count). The number of benzene rings is 2. The van der Waals surface area contributed by atoms with Gasteiger partial charge in [0.05, 0.1) is 18.3 Å². The Hall–Kier alpha value is -3.78. The Morgan fingerprint density at radius 1 is 1.19 bits per heavy atom. The Morgan fingerprint density at radius 3 is 2.68 bits per heavy atom. The van der Waals surface area contributed by atoms with Crippen molar-refractivity contribution >= 4 is 5.91 Å². The lowest BCUT2D eigenvalue weighted by atomic mass is 10.00. The highest BCUT2D eigenvalue weighted by Crippen LogP contribution is 2.29. The zero-order valence-corrected chi connectivity index (χ0v) is 21.0. The summed E-state index contributed by atoms with van der Waals surface area (Å²) in [5, 5.41) is 35.2. The van der Waals surface area contributed by atoms with Crippen LogP contribution >= 0.6 is 0 Å². The fraction of sp³-hybridized carbons (Fsp3) is 0.407. The lowest BCUT2D eigenvalue weighted by Crippen LogP contribution is -2.44. The molecule has 194 valence electrons. The van der Waals surface area contributed by atoms with E-state index < -0.39 is 12.0 Å². The minimum atomic E-state index is -1.14. The third-order valence-corrected chi connectivity index (χ3v) is 6.14. The van der Waals surface area contributed by atoms with Gasteiger partial charge in [-0.1, -0.05) is 17.3 Å². The van der Waals surface area contributed by atoms with Crippen molar-refractivity contribution in [3.05, 3.63) is 53.1 Å². The second kappa shape index (κ2) is 12.0. The number of ether oxygens (including phenoxy) is 1. The maximum absolute atomic E-state index is 11.9. The third-order valence-electron chi connectivity index (χ3n) is 6.14. The molecular formula is C27H31N5O5. The highest BCUT2D eigenvalue weighted by Gasteiger charge is 2.22. The van der Waals surface area contributed by atoms with Crippen LogP contribution in [0.4, 0.5) is 0 Å². The summed E-state index contributed by atoms with van der Waals surface area (Å²) in [4.78, 5) is 18.6. The SMILES string of the molecule is CC(C)Oc1ccc(-c2nc(-c3ccc4c(c3)CCN(C[C@@H](O)C(=O)NCCO)CC4)no2)cc1C#N. The monoisotopic (exact) mass is 505 g/mol. The molecule has 1 aliphatic rings. The number of nitrogens with one attached hydrogen (secondary N) is 1. The summed E-state index contributed by atoms with van der Waals surface area (Å²) in [6, 6.07) is 13.4.